The van der Waals surface area contributed by atoms with E-state index in [2.05, 4.69) is 15.0 Å². The van der Waals surface area contributed by atoms with E-state index in [1.807, 2.05) is 0 Å². The molecule has 0 aliphatic heterocycles. The molecule has 18 heavy (non-hydrogen) atoms. The number of nitrogens with one attached hydrogen (secondary N) is 1. The van der Waals surface area contributed by atoms with Crippen LogP contribution in [0.1, 0.15) is 6.42 Å². The van der Waals surface area contributed by atoms with E-state index in [0.29, 0.717) is 24.1 Å². The zero-order chi connectivity index (χ0) is 13.1. The lowest BCUT2D eigenvalue weighted by molar-refractivity contribution is 0.140. The minimum absolute atomic E-state index is 0.0290. The summed E-state index contributed by atoms with van der Waals surface area (Å²) in [5, 5.41) is 18.0. The first-order chi connectivity index (χ1) is 8.65. The van der Waals surface area contributed by atoms with Crippen molar-refractivity contribution in [3.63, 3.8) is 0 Å². The number of anilines is 1. The molecule has 2 aromatic heterocycles. The van der Waals surface area contributed by atoms with Crippen molar-refractivity contribution in [2.75, 3.05) is 18.9 Å². The van der Waals surface area contributed by atoms with Crippen LogP contribution in [0.15, 0.2) is 11.1 Å². The van der Waals surface area contributed by atoms with Crippen molar-refractivity contribution in [3.8, 4) is 0 Å². The summed E-state index contributed by atoms with van der Waals surface area (Å²) < 4.78 is 1.64. The van der Waals surface area contributed by atoms with Crippen molar-refractivity contribution in [1.82, 2.24) is 19.5 Å². The summed E-state index contributed by atoms with van der Waals surface area (Å²) in [6, 6.07) is 0. The Morgan fingerprint density at radius 2 is 2.17 bits per heavy atom. The molecule has 5 N–H and O–H groups in total. The van der Waals surface area contributed by atoms with Gasteiger partial charge in [0.05, 0.1) is 6.33 Å². The van der Waals surface area contributed by atoms with Crippen LogP contribution in [0.3, 0.4) is 0 Å². The van der Waals surface area contributed by atoms with Crippen molar-refractivity contribution < 1.29 is 10.2 Å². The Bertz CT molecular complexity index is 587. The van der Waals surface area contributed by atoms with Crippen LogP contribution in [0.25, 0.3) is 11.2 Å². The molecule has 0 saturated carbocycles. The summed E-state index contributed by atoms with van der Waals surface area (Å²) in [5.74, 6) is -0.176. The number of nitrogen functional groups attached to an aromatic ring is 1. The Balaban J connectivity index is 2.27. The average Bonchev–Trinajstić information content (AvgIpc) is 2.73. The molecule has 0 fully saturated rings. The highest BCUT2D eigenvalue weighted by molar-refractivity contribution is 5.70. The van der Waals surface area contributed by atoms with Crippen LogP contribution in [0.2, 0.25) is 0 Å². The number of aryl methyl sites for hydroxylation is 1. The van der Waals surface area contributed by atoms with Gasteiger partial charge in [0.2, 0.25) is 5.95 Å². The number of aliphatic hydroxyl groups is 2. The number of imidazole rings is 1. The van der Waals surface area contributed by atoms with E-state index in [1.165, 1.54) is 6.33 Å². The first-order valence-corrected chi connectivity index (χ1v) is 5.58. The maximum Gasteiger partial charge on any atom is 0.278 e. The number of fused-ring (bicyclic) bond motifs is 1. The molecule has 0 amide bonds. The third-order valence-electron chi connectivity index (χ3n) is 2.80. The Kier molecular flexibility index (Phi) is 3.58. The summed E-state index contributed by atoms with van der Waals surface area (Å²) >= 11 is 0. The van der Waals surface area contributed by atoms with E-state index < -0.39 is 0 Å². The third-order valence-corrected chi connectivity index (χ3v) is 2.80. The lowest BCUT2D eigenvalue weighted by Crippen LogP contribution is -2.17. The van der Waals surface area contributed by atoms with Crippen LogP contribution in [-0.4, -0.2) is 42.9 Å². The van der Waals surface area contributed by atoms with Crippen LogP contribution in [0.5, 0.6) is 0 Å². The number of H-pyrrole nitrogens is 1. The van der Waals surface area contributed by atoms with Crippen LogP contribution in [0, 0.1) is 5.92 Å². The highest BCUT2D eigenvalue weighted by atomic mass is 16.3. The molecule has 0 radical (unpaired) electrons. The molecule has 8 heteroatoms. The van der Waals surface area contributed by atoms with Gasteiger partial charge in [-0.3, -0.25) is 9.78 Å². The Morgan fingerprint density at radius 1 is 1.44 bits per heavy atom. The number of aliphatic hydroxyl groups excluding tert-OH is 2. The van der Waals surface area contributed by atoms with Gasteiger partial charge in [0.1, 0.15) is 0 Å². The predicted molar refractivity (Wildman–Crippen MR) is 64.8 cm³/mol. The zero-order valence-electron chi connectivity index (χ0n) is 9.70. The molecule has 0 saturated heterocycles. The fourth-order valence-corrected chi connectivity index (χ4v) is 1.73. The monoisotopic (exact) mass is 253 g/mol. The molecule has 2 rings (SSSR count). The molecule has 2 aromatic rings. The molecule has 0 aromatic carbocycles. The molecule has 0 bridgehead atoms. The maximum atomic E-state index is 11.7. The van der Waals surface area contributed by atoms with Crippen molar-refractivity contribution in [2.45, 2.75) is 13.0 Å². The summed E-state index contributed by atoms with van der Waals surface area (Å²) in [4.78, 5) is 22.0. The fourth-order valence-electron chi connectivity index (χ4n) is 1.73. The molecular formula is C10H15N5O3. The quantitative estimate of drug-likeness (QED) is 0.523. The normalized spacial score (nSPS) is 11.5. The van der Waals surface area contributed by atoms with Gasteiger partial charge in [0, 0.05) is 25.7 Å². The maximum absolute atomic E-state index is 11.7. The molecule has 98 valence electrons. The topological polar surface area (TPSA) is 130 Å². The SMILES string of the molecule is Nc1nc2ncn(CCC(CO)CO)c2c(=O)[nH]1. The third kappa shape index (κ3) is 2.34. The lowest BCUT2D eigenvalue weighted by atomic mass is 10.1. The van der Waals surface area contributed by atoms with Crippen molar-refractivity contribution in [3.05, 3.63) is 16.7 Å². The molecule has 0 aliphatic carbocycles. The largest absolute Gasteiger partial charge is 0.396 e. The smallest absolute Gasteiger partial charge is 0.278 e. The highest BCUT2D eigenvalue weighted by Gasteiger charge is 2.11. The summed E-state index contributed by atoms with van der Waals surface area (Å²) in [7, 11) is 0. The van der Waals surface area contributed by atoms with E-state index in [9.17, 15) is 4.79 Å². The standard InChI is InChI=1S/C10H15N5O3/c11-10-13-8-7(9(18)14-10)15(5-12-8)2-1-6(3-16)4-17/h5-6,16-17H,1-4H2,(H3,11,13,14,18). The van der Waals surface area contributed by atoms with Crippen molar-refractivity contribution in [1.29, 1.82) is 0 Å². The number of rotatable bonds is 5. The number of aromatic nitrogens is 4. The van der Waals surface area contributed by atoms with Crippen LogP contribution in [0.4, 0.5) is 5.95 Å². The second kappa shape index (κ2) is 5.15. The fraction of sp³-hybridized carbons (Fsp3) is 0.500. The van der Waals surface area contributed by atoms with Gasteiger partial charge in [-0.25, -0.2) is 4.98 Å². The second-order valence-electron chi connectivity index (χ2n) is 4.08. The Morgan fingerprint density at radius 3 is 2.83 bits per heavy atom. The van der Waals surface area contributed by atoms with Gasteiger partial charge in [-0.1, -0.05) is 0 Å². The summed E-state index contributed by atoms with van der Waals surface area (Å²) in [6.07, 6.45) is 2.04. The minimum Gasteiger partial charge on any atom is -0.396 e. The highest BCUT2D eigenvalue weighted by Crippen LogP contribution is 2.09. The van der Waals surface area contributed by atoms with Crippen LogP contribution >= 0.6 is 0 Å². The van der Waals surface area contributed by atoms with E-state index in [1.54, 1.807) is 4.57 Å². The molecular weight excluding hydrogens is 238 g/mol. The molecule has 8 nitrogen and oxygen atoms in total. The first-order valence-electron chi connectivity index (χ1n) is 5.58. The predicted octanol–water partition coefficient (Wildman–Crippen LogP) is -1.31. The van der Waals surface area contributed by atoms with Gasteiger partial charge in [0.25, 0.3) is 5.56 Å². The molecule has 0 aliphatic rings. The van der Waals surface area contributed by atoms with E-state index in [0.717, 1.165) is 0 Å². The molecule has 2 heterocycles. The molecule has 0 atom stereocenters. The van der Waals surface area contributed by atoms with Crippen LogP contribution < -0.4 is 11.3 Å². The van der Waals surface area contributed by atoms with E-state index >= 15 is 0 Å². The van der Waals surface area contributed by atoms with Gasteiger partial charge in [-0.15, -0.1) is 0 Å². The van der Waals surface area contributed by atoms with Gasteiger partial charge < -0.3 is 20.5 Å². The van der Waals surface area contributed by atoms with Gasteiger partial charge in [-0.2, -0.15) is 4.98 Å². The number of nitrogens with zero attached hydrogens (tertiary/aromatic N) is 3. The number of nitrogens with two attached hydrogens (primary N) is 1. The number of aromatic amines is 1. The molecule has 0 unspecified atom stereocenters. The van der Waals surface area contributed by atoms with Gasteiger partial charge >= 0.3 is 0 Å². The van der Waals surface area contributed by atoms with Crippen molar-refractivity contribution in [2.24, 2.45) is 5.92 Å². The molecule has 0 spiro atoms. The van der Waals surface area contributed by atoms with E-state index in [4.69, 9.17) is 15.9 Å². The van der Waals surface area contributed by atoms with E-state index in [-0.39, 0.29) is 30.6 Å². The summed E-state index contributed by atoms with van der Waals surface area (Å²) in [6.45, 7) is 0.284. The van der Waals surface area contributed by atoms with Crippen molar-refractivity contribution >= 4 is 17.1 Å². The number of hydrogen-bond acceptors (Lipinski definition) is 6. The number of hydrogen-bond donors (Lipinski definition) is 4. The average molecular weight is 253 g/mol. The van der Waals surface area contributed by atoms with Gasteiger partial charge in [0.15, 0.2) is 11.2 Å². The lowest BCUT2D eigenvalue weighted by Gasteiger charge is -2.10. The second-order valence-corrected chi connectivity index (χ2v) is 4.08. The first kappa shape index (κ1) is 12.5. The van der Waals surface area contributed by atoms with Gasteiger partial charge in [-0.05, 0) is 6.42 Å². The van der Waals surface area contributed by atoms with Crippen LogP contribution in [-0.2, 0) is 6.54 Å². The minimum atomic E-state index is -0.348. The Labute approximate surface area is 102 Å². The summed E-state index contributed by atoms with van der Waals surface area (Å²) in [5.41, 5.74) is 5.71. The zero-order valence-corrected chi connectivity index (χ0v) is 9.70. The Hall–Kier alpha value is -1.93.